The van der Waals surface area contributed by atoms with Crippen molar-refractivity contribution in [1.29, 1.82) is 0 Å². The molecule has 0 spiro atoms. The van der Waals surface area contributed by atoms with Crippen molar-refractivity contribution < 1.29 is 9.59 Å². The van der Waals surface area contributed by atoms with Gasteiger partial charge in [0.25, 0.3) is 5.91 Å². The van der Waals surface area contributed by atoms with E-state index in [9.17, 15) is 9.59 Å². The number of anilines is 2. The summed E-state index contributed by atoms with van der Waals surface area (Å²) in [6.45, 7) is 1.97. The molecule has 0 aliphatic heterocycles. The highest BCUT2D eigenvalue weighted by molar-refractivity contribution is 7.80. The van der Waals surface area contributed by atoms with Crippen LogP contribution in [0.15, 0.2) is 78.9 Å². The maximum atomic E-state index is 12.6. The van der Waals surface area contributed by atoms with Crippen LogP contribution in [0.25, 0.3) is 0 Å². The monoisotopic (exact) mass is 417 g/mol. The Bertz CT molecular complexity index is 1050. The van der Waals surface area contributed by atoms with E-state index in [1.165, 1.54) is 0 Å². The molecule has 0 saturated carbocycles. The maximum absolute atomic E-state index is 12.6. The average Bonchev–Trinajstić information content (AvgIpc) is 2.75. The van der Waals surface area contributed by atoms with Crippen molar-refractivity contribution in [2.45, 2.75) is 13.3 Å². The zero-order valence-corrected chi connectivity index (χ0v) is 17.7. The zero-order chi connectivity index (χ0) is 21.5. The molecule has 0 atom stereocenters. The molecule has 0 radical (unpaired) electrons. The Labute approximate surface area is 181 Å². The Kier molecular flexibility index (Phi) is 6.93. The third kappa shape index (κ3) is 5.52. The lowest BCUT2D eigenvalue weighted by Gasteiger charge is -2.17. The fourth-order valence-electron chi connectivity index (χ4n) is 2.97. The summed E-state index contributed by atoms with van der Waals surface area (Å²) in [4.78, 5) is 26.5. The first-order valence-electron chi connectivity index (χ1n) is 9.52. The third-order valence-corrected chi connectivity index (χ3v) is 4.91. The average molecular weight is 418 g/mol. The van der Waals surface area contributed by atoms with E-state index in [0.29, 0.717) is 11.3 Å². The number of carbonyl (C=O) groups is 2. The Hall–Kier alpha value is -3.51. The van der Waals surface area contributed by atoms with Crippen molar-refractivity contribution in [2.24, 2.45) is 0 Å². The van der Waals surface area contributed by atoms with Gasteiger partial charge in [0.05, 0.1) is 6.42 Å². The van der Waals surface area contributed by atoms with Crippen LogP contribution in [0.2, 0.25) is 0 Å². The SMILES string of the molecule is Cc1ccccc1CC(=O)NC(=S)Nc1ccc(C(=O)N(C)c2ccccc2)cc1. The molecular formula is C24H23N3O2S. The summed E-state index contributed by atoms with van der Waals surface area (Å²) in [5.41, 5.74) is 4.09. The van der Waals surface area contributed by atoms with Crippen molar-refractivity contribution in [2.75, 3.05) is 17.3 Å². The van der Waals surface area contributed by atoms with Crippen LogP contribution in [0.4, 0.5) is 11.4 Å². The molecule has 3 aromatic carbocycles. The summed E-state index contributed by atoms with van der Waals surface area (Å²) in [6.07, 6.45) is 0.258. The van der Waals surface area contributed by atoms with Gasteiger partial charge in [0.15, 0.2) is 5.11 Å². The number of hydrogen-bond acceptors (Lipinski definition) is 3. The Morgan fingerprint density at radius 2 is 1.53 bits per heavy atom. The lowest BCUT2D eigenvalue weighted by Crippen LogP contribution is -2.35. The molecule has 30 heavy (non-hydrogen) atoms. The van der Waals surface area contributed by atoms with Crippen molar-refractivity contribution in [3.8, 4) is 0 Å². The second-order valence-electron chi connectivity index (χ2n) is 6.88. The predicted molar refractivity (Wildman–Crippen MR) is 125 cm³/mol. The van der Waals surface area contributed by atoms with E-state index in [1.54, 1.807) is 36.2 Å². The molecule has 0 unspecified atom stereocenters. The quantitative estimate of drug-likeness (QED) is 0.607. The first-order chi connectivity index (χ1) is 14.4. The fourth-order valence-corrected chi connectivity index (χ4v) is 3.20. The van der Waals surface area contributed by atoms with Gasteiger partial charge in [-0.2, -0.15) is 0 Å². The van der Waals surface area contributed by atoms with Crippen LogP contribution in [0.3, 0.4) is 0 Å². The molecule has 0 aromatic heterocycles. The predicted octanol–water partition coefficient (Wildman–Crippen LogP) is 4.33. The molecule has 0 aliphatic carbocycles. The summed E-state index contributed by atoms with van der Waals surface area (Å²) in [5, 5.41) is 5.88. The third-order valence-electron chi connectivity index (χ3n) is 4.70. The number of benzene rings is 3. The van der Waals surface area contributed by atoms with Gasteiger partial charge in [-0.3, -0.25) is 9.59 Å². The molecule has 0 fully saturated rings. The van der Waals surface area contributed by atoms with Gasteiger partial charge in [0.1, 0.15) is 0 Å². The minimum atomic E-state index is -0.182. The van der Waals surface area contributed by atoms with Gasteiger partial charge in [0.2, 0.25) is 5.91 Å². The molecule has 5 nitrogen and oxygen atoms in total. The summed E-state index contributed by atoms with van der Waals surface area (Å²) >= 11 is 5.23. The molecule has 0 saturated heterocycles. The van der Waals surface area contributed by atoms with E-state index >= 15 is 0 Å². The summed E-state index contributed by atoms with van der Waals surface area (Å²) in [5.74, 6) is -0.292. The second kappa shape index (κ2) is 9.80. The van der Waals surface area contributed by atoms with Crippen molar-refractivity contribution in [3.63, 3.8) is 0 Å². The van der Waals surface area contributed by atoms with Crippen molar-refractivity contribution in [3.05, 3.63) is 95.6 Å². The van der Waals surface area contributed by atoms with Gasteiger partial charge in [-0.15, -0.1) is 0 Å². The number of rotatable bonds is 5. The van der Waals surface area contributed by atoms with Crippen LogP contribution in [0.5, 0.6) is 0 Å². The number of para-hydroxylation sites is 1. The Morgan fingerprint density at radius 1 is 0.900 bits per heavy atom. The van der Waals surface area contributed by atoms with Crippen molar-refractivity contribution >= 4 is 40.5 Å². The molecule has 6 heteroatoms. The minimum absolute atomic E-state index is 0.109. The zero-order valence-electron chi connectivity index (χ0n) is 16.9. The van der Waals surface area contributed by atoms with E-state index in [2.05, 4.69) is 10.6 Å². The minimum Gasteiger partial charge on any atom is -0.332 e. The van der Waals surface area contributed by atoms with E-state index in [1.807, 2.05) is 61.5 Å². The van der Waals surface area contributed by atoms with Crippen LogP contribution in [0.1, 0.15) is 21.5 Å². The summed E-state index contributed by atoms with van der Waals surface area (Å²) in [7, 11) is 1.74. The van der Waals surface area contributed by atoms with E-state index in [4.69, 9.17) is 12.2 Å². The van der Waals surface area contributed by atoms with Crippen LogP contribution < -0.4 is 15.5 Å². The number of carbonyl (C=O) groups excluding carboxylic acids is 2. The number of thiocarbonyl (C=S) groups is 1. The van der Waals surface area contributed by atoms with Gasteiger partial charge < -0.3 is 15.5 Å². The van der Waals surface area contributed by atoms with Gasteiger partial charge >= 0.3 is 0 Å². The van der Waals surface area contributed by atoms with E-state index < -0.39 is 0 Å². The van der Waals surface area contributed by atoms with Gasteiger partial charge in [-0.1, -0.05) is 42.5 Å². The molecule has 152 valence electrons. The number of nitrogens with zero attached hydrogens (tertiary/aromatic N) is 1. The molecular weight excluding hydrogens is 394 g/mol. The number of hydrogen-bond donors (Lipinski definition) is 2. The normalized spacial score (nSPS) is 10.2. The number of aryl methyl sites for hydroxylation is 1. The van der Waals surface area contributed by atoms with Crippen LogP contribution in [-0.4, -0.2) is 24.0 Å². The topological polar surface area (TPSA) is 61.4 Å². The number of amides is 2. The first kappa shape index (κ1) is 21.2. The van der Waals surface area contributed by atoms with Crippen LogP contribution >= 0.6 is 12.2 Å². The van der Waals surface area contributed by atoms with E-state index in [0.717, 1.165) is 16.8 Å². The molecule has 0 heterocycles. The van der Waals surface area contributed by atoms with E-state index in [-0.39, 0.29) is 23.3 Å². The van der Waals surface area contributed by atoms with Gasteiger partial charge in [0, 0.05) is 24.0 Å². The first-order valence-corrected chi connectivity index (χ1v) is 9.93. The number of nitrogens with one attached hydrogen (secondary N) is 2. The van der Waals surface area contributed by atoms with Gasteiger partial charge in [-0.05, 0) is 66.7 Å². The highest BCUT2D eigenvalue weighted by atomic mass is 32.1. The molecule has 0 aliphatic rings. The maximum Gasteiger partial charge on any atom is 0.258 e. The largest absolute Gasteiger partial charge is 0.332 e. The fraction of sp³-hybridized carbons (Fsp3) is 0.125. The Balaban J connectivity index is 1.56. The second-order valence-corrected chi connectivity index (χ2v) is 7.29. The lowest BCUT2D eigenvalue weighted by atomic mass is 10.1. The highest BCUT2D eigenvalue weighted by Gasteiger charge is 2.13. The smallest absolute Gasteiger partial charge is 0.258 e. The summed E-state index contributed by atoms with van der Waals surface area (Å²) < 4.78 is 0. The van der Waals surface area contributed by atoms with Gasteiger partial charge in [-0.25, -0.2) is 0 Å². The molecule has 0 bridgehead atoms. The van der Waals surface area contributed by atoms with Crippen molar-refractivity contribution in [1.82, 2.24) is 5.32 Å². The standard InChI is InChI=1S/C24H23N3O2S/c1-17-8-6-7-9-19(17)16-22(28)26-24(30)25-20-14-12-18(13-15-20)23(29)27(2)21-10-4-3-5-11-21/h3-15H,16H2,1-2H3,(H2,25,26,28,30). The molecule has 2 amide bonds. The highest BCUT2D eigenvalue weighted by Crippen LogP contribution is 2.16. The molecule has 3 rings (SSSR count). The van der Waals surface area contributed by atoms with Crippen LogP contribution in [0, 0.1) is 6.92 Å². The molecule has 2 N–H and O–H groups in total. The Morgan fingerprint density at radius 3 is 2.20 bits per heavy atom. The van der Waals surface area contributed by atoms with Crippen LogP contribution in [-0.2, 0) is 11.2 Å². The summed E-state index contributed by atoms with van der Waals surface area (Å²) in [6, 6.07) is 24.1. The lowest BCUT2D eigenvalue weighted by molar-refractivity contribution is -0.119. The molecule has 3 aromatic rings.